The van der Waals surface area contributed by atoms with E-state index in [-0.39, 0.29) is 42.1 Å². The van der Waals surface area contributed by atoms with Gasteiger partial charge in [-0.1, -0.05) is 13.0 Å². The highest BCUT2D eigenvalue weighted by atomic mass is 19.4. The van der Waals surface area contributed by atoms with Crippen molar-refractivity contribution in [3.8, 4) is 5.75 Å². The average Bonchev–Trinajstić information content (AvgIpc) is 3.45. The van der Waals surface area contributed by atoms with Crippen LogP contribution in [0, 0.1) is 19.8 Å². The van der Waals surface area contributed by atoms with Crippen LogP contribution >= 0.6 is 0 Å². The van der Waals surface area contributed by atoms with E-state index in [1.54, 1.807) is 4.90 Å². The molecule has 1 N–H and O–H groups in total. The van der Waals surface area contributed by atoms with Gasteiger partial charge in [-0.2, -0.15) is 13.2 Å². The second-order valence-corrected chi connectivity index (χ2v) is 9.81. The highest BCUT2D eigenvalue weighted by Gasteiger charge is 2.47. The fourth-order valence-corrected chi connectivity index (χ4v) is 5.16. The van der Waals surface area contributed by atoms with Crippen LogP contribution in [0.2, 0.25) is 0 Å². The number of piperazine rings is 1. The molecule has 2 aromatic rings. The van der Waals surface area contributed by atoms with E-state index in [0.717, 1.165) is 42.1 Å². The molecule has 1 amide bonds. The molecule has 2 aliphatic rings. The normalized spacial score (nSPS) is 21.9. The lowest BCUT2D eigenvalue weighted by molar-refractivity contribution is -0.141. The molecule has 0 radical (unpaired) electrons. The van der Waals surface area contributed by atoms with Gasteiger partial charge in [0.1, 0.15) is 11.4 Å². The molecule has 4 rings (SSSR count). The second-order valence-electron chi connectivity index (χ2n) is 9.81. The number of alkyl halides is 3. The topological polar surface area (TPSA) is 65.9 Å². The molecular weight excluding hydrogens is 459 g/mol. The van der Waals surface area contributed by atoms with Gasteiger partial charge in [-0.25, -0.2) is 0 Å². The molecule has 1 aromatic heterocycles. The number of nitrogens with zero attached hydrogens (tertiary/aromatic N) is 3. The van der Waals surface area contributed by atoms with Gasteiger partial charge in [0.15, 0.2) is 0 Å². The molecule has 3 heterocycles. The van der Waals surface area contributed by atoms with Gasteiger partial charge < -0.3 is 14.7 Å². The Bertz CT molecular complexity index is 1070. The fraction of sp³-hybridized carbons (Fsp3) is 0.538. The van der Waals surface area contributed by atoms with Crippen LogP contribution in [0.25, 0.3) is 0 Å². The molecule has 190 valence electrons. The van der Waals surface area contributed by atoms with Crippen LogP contribution in [0.5, 0.6) is 5.75 Å². The van der Waals surface area contributed by atoms with Gasteiger partial charge in [-0.3, -0.25) is 14.7 Å². The van der Waals surface area contributed by atoms with Crippen molar-refractivity contribution >= 4 is 5.91 Å². The second kappa shape index (κ2) is 9.78. The van der Waals surface area contributed by atoms with Gasteiger partial charge in [0.05, 0.1) is 12.2 Å². The first-order chi connectivity index (χ1) is 16.5. The Hall–Kier alpha value is -2.65. The molecule has 2 aliphatic heterocycles. The van der Waals surface area contributed by atoms with Crippen LogP contribution in [0.4, 0.5) is 13.2 Å². The predicted molar refractivity (Wildman–Crippen MR) is 125 cm³/mol. The van der Waals surface area contributed by atoms with Crippen LogP contribution < -0.4 is 4.74 Å². The zero-order valence-corrected chi connectivity index (χ0v) is 20.5. The summed E-state index contributed by atoms with van der Waals surface area (Å²) in [6.45, 7) is 10.0. The number of hydrogen-bond acceptors (Lipinski definition) is 5. The Kier molecular flexibility index (Phi) is 7.11. The minimum Gasteiger partial charge on any atom is -0.493 e. The first-order valence-corrected chi connectivity index (χ1v) is 11.9. The number of fused-ring (bicyclic) bond motifs is 2. The van der Waals surface area contributed by atoms with Crippen molar-refractivity contribution < 1.29 is 27.8 Å². The summed E-state index contributed by atoms with van der Waals surface area (Å²) in [6, 6.07) is 6.53. The van der Waals surface area contributed by atoms with E-state index < -0.39 is 11.9 Å². The number of aromatic nitrogens is 1. The Balaban J connectivity index is 1.42. The van der Waals surface area contributed by atoms with Gasteiger partial charge in [0, 0.05) is 49.9 Å². The molecule has 1 aromatic carbocycles. The number of aliphatic hydroxyl groups is 1. The number of ether oxygens (including phenoxy) is 1. The monoisotopic (exact) mass is 491 g/mol. The van der Waals surface area contributed by atoms with Crippen molar-refractivity contribution in [2.45, 2.75) is 58.4 Å². The molecule has 0 aliphatic carbocycles. The number of halogens is 3. The fourth-order valence-electron chi connectivity index (χ4n) is 5.16. The molecule has 2 saturated heterocycles. The first kappa shape index (κ1) is 25.4. The summed E-state index contributed by atoms with van der Waals surface area (Å²) in [6.07, 6.45) is -2.65. The smallest absolute Gasteiger partial charge is 0.433 e. The van der Waals surface area contributed by atoms with Gasteiger partial charge in [-0.05, 0) is 62.1 Å². The minimum atomic E-state index is -4.52. The Morgan fingerprint density at radius 3 is 2.46 bits per heavy atom. The van der Waals surface area contributed by atoms with E-state index in [2.05, 4.69) is 29.8 Å². The summed E-state index contributed by atoms with van der Waals surface area (Å²) in [5, 5.41) is 9.23. The van der Waals surface area contributed by atoms with Crippen LogP contribution in [0.15, 0.2) is 30.5 Å². The summed E-state index contributed by atoms with van der Waals surface area (Å²) in [7, 11) is 0. The summed E-state index contributed by atoms with van der Waals surface area (Å²) >= 11 is 0. The van der Waals surface area contributed by atoms with Gasteiger partial charge >= 0.3 is 6.18 Å². The highest BCUT2D eigenvalue weighted by Crippen LogP contribution is 2.39. The highest BCUT2D eigenvalue weighted by molar-refractivity contribution is 5.94. The third-order valence-electron chi connectivity index (χ3n) is 7.41. The number of carbonyl (C=O) groups excluding carboxylic acids is 1. The van der Waals surface area contributed by atoms with E-state index in [4.69, 9.17) is 4.74 Å². The number of carbonyl (C=O) groups is 1. The van der Waals surface area contributed by atoms with Crippen LogP contribution in [0.1, 0.15) is 59.1 Å². The van der Waals surface area contributed by atoms with E-state index in [0.29, 0.717) is 13.2 Å². The van der Waals surface area contributed by atoms with E-state index in [1.165, 1.54) is 11.6 Å². The van der Waals surface area contributed by atoms with Crippen molar-refractivity contribution in [3.05, 3.63) is 58.4 Å². The Labute approximate surface area is 203 Å². The lowest BCUT2D eigenvalue weighted by atomic mass is 9.96. The summed E-state index contributed by atoms with van der Waals surface area (Å²) < 4.78 is 44.3. The average molecular weight is 492 g/mol. The van der Waals surface area contributed by atoms with Crippen molar-refractivity contribution in [3.63, 3.8) is 0 Å². The van der Waals surface area contributed by atoms with Crippen LogP contribution in [-0.4, -0.2) is 64.2 Å². The van der Waals surface area contributed by atoms with Gasteiger partial charge in [0.25, 0.3) is 5.91 Å². The van der Waals surface area contributed by atoms with Crippen molar-refractivity contribution in [1.82, 2.24) is 14.8 Å². The maximum atomic E-state index is 13.0. The number of rotatable bonds is 7. The first-order valence-electron chi connectivity index (χ1n) is 11.9. The number of hydrogen-bond donors (Lipinski definition) is 1. The van der Waals surface area contributed by atoms with E-state index in [1.807, 2.05) is 19.9 Å². The Morgan fingerprint density at radius 2 is 1.89 bits per heavy atom. The summed E-state index contributed by atoms with van der Waals surface area (Å²) in [5.74, 6) is 0.623. The zero-order chi connectivity index (χ0) is 25.5. The lowest BCUT2D eigenvalue weighted by Crippen LogP contribution is -2.49. The number of benzene rings is 1. The quantitative estimate of drug-likeness (QED) is 0.623. The molecule has 4 atom stereocenters. The minimum absolute atomic E-state index is 0.0289. The summed E-state index contributed by atoms with van der Waals surface area (Å²) in [5.41, 5.74) is 2.64. The number of amides is 1. The van der Waals surface area contributed by atoms with E-state index in [9.17, 15) is 23.1 Å². The van der Waals surface area contributed by atoms with Gasteiger partial charge in [-0.15, -0.1) is 0 Å². The molecule has 0 spiro atoms. The number of pyridine rings is 1. The molecule has 0 unspecified atom stereocenters. The molecular formula is C26H32F3N3O3. The molecule has 0 saturated carbocycles. The van der Waals surface area contributed by atoms with Crippen molar-refractivity contribution in [2.75, 3.05) is 26.3 Å². The Morgan fingerprint density at radius 1 is 1.14 bits per heavy atom. The summed E-state index contributed by atoms with van der Waals surface area (Å²) in [4.78, 5) is 20.6. The van der Waals surface area contributed by atoms with Gasteiger partial charge in [0.2, 0.25) is 0 Å². The van der Waals surface area contributed by atoms with Crippen molar-refractivity contribution in [1.29, 1.82) is 0 Å². The number of likely N-dealkylation sites (tertiary alicyclic amines) is 2. The molecule has 35 heavy (non-hydrogen) atoms. The SMILES string of the molecule is Cc1c(OC[C@H](C)CO)ccc([C@H](C)N2C[C@@H]3C[C@H]2CN3C(=O)c2ccc(C(F)(F)F)nc2)c1C. The van der Waals surface area contributed by atoms with E-state index >= 15 is 0 Å². The maximum Gasteiger partial charge on any atom is 0.433 e. The third kappa shape index (κ3) is 5.02. The molecule has 2 fully saturated rings. The third-order valence-corrected chi connectivity index (χ3v) is 7.41. The molecule has 2 bridgehead atoms. The van der Waals surface area contributed by atoms with Crippen LogP contribution in [-0.2, 0) is 6.18 Å². The number of aliphatic hydroxyl groups excluding tert-OH is 1. The predicted octanol–water partition coefficient (Wildman–Crippen LogP) is 4.38. The molecule has 6 nitrogen and oxygen atoms in total. The van der Waals surface area contributed by atoms with Crippen LogP contribution in [0.3, 0.4) is 0 Å². The molecule has 9 heteroatoms. The maximum absolute atomic E-state index is 13.0. The standard InChI is InChI=1S/C26H32F3N3O3/c1-15(13-33)14-35-23-7-6-22(16(2)17(23)3)18(4)31-11-21-9-20(31)12-32(21)25(34)19-5-8-24(30-10-19)26(27,28)29/h5-8,10,15,18,20-21,33H,9,11-14H2,1-4H3/t15-,18+,20+,21+/m1/s1. The largest absolute Gasteiger partial charge is 0.493 e. The lowest BCUT2D eigenvalue weighted by Gasteiger charge is -2.38. The van der Waals surface area contributed by atoms with Crippen molar-refractivity contribution in [2.24, 2.45) is 5.92 Å². The zero-order valence-electron chi connectivity index (χ0n) is 20.5.